The summed E-state index contributed by atoms with van der Waals surface area (Å²) in [7, 11) is 0. The molecule has 1 amide bonds. The molecule has 1 aromatic carbocycles. The second-order valence-electron chi connectivity index (χ2n) is 7.70. The van der Waals surface area contributed by atoms with Gasteiger partial charge in [-0.2, -0.15) is 4.98 Å². The number of aliphatic hydroxyl groups is 1. The summed E-state index contributed by atoms with van der Waals surface area (Å²) in [6, 6.07) is 10.2. The largest absolute Gasteiger partial charge is 0.454 e. The maximum absolute atomic E-state index is 12.8. The van der Waals surface area contributed by atoms with Gasteiger partial charge in [0, 0.05) is 48.3 Å². The molecule has 0 saturated carbocycles. The summed E-state index contributed by atoms with van der Waals surface area (Å²) in [5, 5.41) is 15.7. The van der Waals surface area contributed by atoms with E-state index in [0.29, 0.717) is 28.8 Å². The number of rotatable bonds is 7. The lowest BCUT2D eigenvalue weighted by atomic mass is 10.1. The summed E-state index contributed by atoms with van der Waals surface area (Å²) < 4.78 is 12.5. The Morgan fingerprint density at radius 1 is 1.21 bits per heavy atom. The topological polar surface area (TPSA) is 123 Å². The number of ether oxygens (including phenoxy) is 2. The van der Waals surface area contributed by atoms with Crippen LogP contribution in [0, 0.1) is 6.92 Å². The third-order valence-electron chi connectivity index (χ3n) is 5.35. The molecule has 0 aliphatic carbocycles. The Labute approximate surface area is 195 Å². The zero-order valence-corrected chi connectivity index (χ0v) is 18.3. The van der Waals surface area contributed by atoms with Gasteiger partial charge in [0.1, 0.15) is 5.82 Å². The van der Waals surface area contributed by atoms with Crippen molar-refractivity contribution in [1.29, 1.82) is 0 Å². The summed E-state index contributed by atoms with van der Waals surface area (Å²) in [5.74, 6) is 2.07. The highest BCUT2D eigenvalue weighted by molar-refractivity contribution is 5.94. The Balaban J connectivity index is 1.33. The number of carbonyl (C=O) groups excluding carboxylic acids is 1. The number of pyridine rings is 1. The Morgan fingerprint density at radius 3 is 2.91 bits per heavy atom. The number of nitrogens with one attached hydrogen (secondary N) is 2. The monoisotopic (exact) mass is 458 g/mol. The molecule has 10 nitrogen and oxygen atoms in total. The molecule has 0 bridgehead atoms. The van der Waals surface area contributed by atoms with Gasteiger partial charge in [-0.15, -0.1) is 0 Å². The standard InChI is InChI=1S/C24H22N6O4/c1-15-10-26-24(27-18-4-5-20-21(9-18)34-14-33-20)29-22(15)30-8-6-17(12-30)23(32)28-19(13-31)16-3-2-7-25-11-16/h2-12,19,31H,13-14H2,1H3,(H,28,32)(H,26,27,29). The number of anilines is 2. The predicted octanol–water partition coefficient (Wildman–Crippen LogP) is 2.91. The highest BCUT2D eigenvalue weighted by atomic mass is 16.7. The second-order valence-corrected chi connectivity index (χ2v) is 7.70. The molecule has 34 heavy (non-hydrogen) atoms. The van der Waals surface area contributed by atoms with E-state index in [1.807, 2.05) is 25.1 Å². The van der Waals surface area contributed by atoms with E-state index in [9.17, 15) is 9.90 Å². The molecule has 0 fully saturated rings. The van der Waals surface area contributed by atoms with E-state index in [0.717, 1.165) is 16.8 Å². The number of aryl methyl sites for hydroxylation is 1. The highest BCUT2D eigenvalue weighted by Crippen LogP contribution is 2.34. The number of aliphatic hydroxyl groups excluding tert-OH is 1. The zero-order valence-electron chi connectivity index (χ0n) is 18.3. The Kier molecular flexibility index (Phi) is 5.79. The molecule has 4 heterocycles. The van der Waals surface area contributed by atoms with Crippen LogP contribution in [0.25, 0.3) is 5.82 Å². The number of hydrogen-bond donors (Lipinski definition) is 3. The van der Waals surface area contributed by atoms with Crippen LogP contribution >= 0.6 is 0 Å². The van der Waals surface area contributed by atoms with Crippen LogP contribution in [0.2, 0.25) is 0 Å². The fourth-order valence-corrected chi connectivity index (χ4v) is 3.58. The molecule has 1 unspecified atom stereocenters. The average molecular weight is 458 g/mol. The van der Waals surface area contributed by atoms with Crippen molar-refractivity contribution < 1.29 is 19.4 Å². The van der Waals surface area contributed by atoms with Crippen molar-refractivity contribution >= 4 is 17.5 Å². The molecular formula is C24H22N6O4. The maximum Gasteiger partial charge on any atom is 0.253 e. The number of carbonyl (C=O) groups is 1. The Hall–Kier alpha value is -4.44. The molecule has 10 heteroatoms. The van der Waals surface area contributed by atoms with Gasteiger partial charge in [0.05, 0.1) is 18.2 Å². The molecule has 1 aliphatic rings. The number of nitrogens with zero attached hydrogens (tertiary/aromatic N) is 4. The third kappa shape index (κ3) is 4.39. The van der Waals surface area contributed by atoms with Gasteiger partial charge in [-0.3, -0.25) is 9.78 Å². The first-order valence-electron chi connectivity index (χ1n) is 10.6. The molecule has 5 rings (SSSR count). The van der Waals surface area contributed by atoms with E-state index in [4.69, 9.17) is 9.47 Å². The average Bonchev–Trinajstić information content (AvgIpc) is 3.54. The highest BCUT2D eigenvalue weighted by Gasteiger charge is 2.17. The van der Waals surface area contributed by atoms with Crippen LogP contribution in [-0.4, -0.2) is 43.9 Å². The van der Waals surface area contributed by atoms with E-state index >= 15 is 0 Å². The van der Waals surface area contributed by atoms with Crippen molar-refractivity contribution in [1.82, 2.24) is 24.8 Å². The van der Waals surface area contributed by atoms with Gasteiger partial charge in [0.2, 0.25) is 12.7 Å². The molecule has 0 spiro atoms. The molecule has 3 aromatic heterocycles. The molecule has 4 aromatic rings. The van der Waals surface area contributed by atoms with Crippen LogP contribution in [0.4, 0.5) is 11.6 Å². The normalized spacial score (nSPS) is 12.9. The molecule has 1 aliphatic heterocycles. The molecule has 3 N–H and O–H groups in total. The van der Waals surface area contributed by atoms with Gasteiger partial charge in [-0.05, 0) is 36.8 Å². The molecule has 172 valence electrons. The van der Waals surface area contributed by atoms with Gasteiger partial charge in [0.15, 0.2) is 11.5 Å². The van der Waals surface area contributed by atoms with Crippen molar-refractivity contribution in [2.45, 2.75) is 13.0 Å². The fourth-order valence-electron chi connectivity index (χ4n) is 3.58. The molecular weight excluding hydrogens is 436 g/mol. The second kappa shape index (κ2) is 9.20. The first-order chi connectivity index (χ1) is 16.6. The van der Waals surface area contributed by atoms with Gasteiger partial charge in [0.25, 0.3) is 5.91 Å². The van der Waals surface area contributed by atoms with E-state index in [1.54, 1.807) is 53.8 Å². The Bertz CT molecular complexity index is 1320. The number of fused-ring (bicyclic) bond motifs is 1. The summed E-state index contributed by atoms with van der Waals surface area (Å²) >= 11 is 0. The van der Waals surface area contributed by atoms with Crippen LogP contribution in [0.3, 0.4) is 0 Å². The molecule has 1 atom stereocenters. The minimum absolute atomic E-state index is 0.203. The van der Waals surface area contributed by atoms with Gasteiger partial charge < -0.3 is 29.8 Å². The van der Waals surface area contributed by atoms with Crippen molar-refractivity contribution in [3.63, 3.8) is 0 Å². The Morgan fingerprint density at radius 2 is 2.09 bits per heavy atom. The number of hydrogen-bond acceptors (Lipinski definition) is 8. The smallest absolute Gasteiger partial charge is 0.253 e. The van der Waals surface area contributed by atoms with Gasteiger partial charge in [-0.25, -0.2) is 4.98 Å². The third-order valence-corrected chi connectivity index (χ3v) is 5.35. The first kappa shape index (κ1) is 21.4. The van der Waals surface area contributed by atoms with Gasteiger partial charge in [-0.1, -0.05) is 6.07 Å². The lowest BCUT2D eigenvalue weighted by molar-refractivity contribution is 0.0916. The van der Waals surface area contributed by atoms with Crippen molar-refractivity contribution in [2.75, 3.05) is 18.7 Å². The fraction of sp³-hybridized carbons (Fsp3) is 0.167. The van der Waals surface area contributed by atoms with E-state index in [-0.39, 0.29) is 19.3 Å². The van der Waals surface area contributed by atoms with Crippen molar-refractivity contribution in [3.05, 3.63) is 84.1 Å². The summed E-state index contributed by atoms with van der Waals surface area (Å²) in [6.07, 6.45) is 8.41. The number of amides is 1. The summed E-state index contributed by atoms with van der Waals surface area (Å²) in [4.78, 5) is 25.8. The minimum atomic E-state index is -0.553. The van der Waals surface area contributed by atoms with E-state index < -0.39 is 6.04 Å². The SMILES string of the molecule is Cc1cnc(Nc2ccc3c(c2)OCO3)nc1-n1ccc(C(=O)NC(CO)c2cccnc2)c1. The van der Waals surface area contributed by atoms with Crippen LogP contribution in [-0.2, 0) is 0 Å². The maximum atomic E-state index is 12.8. The van der Waals surface area contributed by atoms with Crippen molar-refractivity contribution in [2.24, 2.45) is 0 Å². The summed E-state index contributed by atoms with van der Waals surface area (Å²) in [5.41, 5.74) is 2.76. The molecule has 0 radical (unpaired) electrons. The minimum Gasteiger partial charge on any atom is -0.454 e. The van der Waals surface area contributed by atoms with Gasteiger partial charge >= 0.3 is 0 Å². The van der Waals surface area contributed by atoms with E-state index in [2.05, 4.69) is 25.6 Å². The zero-order chi connectivity index (χ0) is 23.5. The van der Waals surface area contributed by atoms with Crippen LogP contribution in [0.15, 0.2) is 67.4 Å². The quantitative estimate of drug-likeness (QED) is 0.386. The van der Waals surface area contributed by atoms with Crippen LogP contribution < -0.4 is 20.1 Å². The van der Waals surface area contributed by atoms with Crippen molar-refractivity contribution in [3.8, 4) is 17.3 Å². The lowest BCUT2D eigenvalue weighted by Gasteiger charge is -2.15. The number of aromatic nitrogens is 4. The molecule has 0 saturated heterocycles. The summed E-state index contributed by atoms with van der Waals surface area (Å²) in [6.45, 7) is 1.86. The predicted molar refractivity (Wildman–Crippen MR) is 123 cm³/mol. The first-order valence-corrected chi connectivity index (χ1v) is 10.6. The van der Waals surface area contributed by atoms with E-state index in [1.165, 1.54) is 0 Å². The van der Waals surface area contributed by atoms with Crippen LogP contribution in [0.5, 0.6) is 11.5 Å². The lowest BCUT2D eigenvalue weighted by Crippen LogP contribution is -2.30. The van der Waals surface area contributed by atoms with Crippen LogP contribution in [0.1, 0.15) is 27.5 Å². The number of benzene rings is 1.